The van der Waals surface area contributed by atoms with Crippen molar-refractivity contribution in [1.82, 2.24) is 10.2 Å². The van der Waals surface area contributed by atoms with E-state index in [-0.39, 0.29) is 35.6 Å². The highest BCUT2D eigenvalue weighted by Crippen LogP contribution is 2.21. The number of halogens is 1. The Kier molecular flexibility index (Phi) is 7.76. The number of guanidine groups is 1. The molecule has 26 heavy (non-hydrogen) atoms. The van der Waals surface area contributed by atoms with Gasteiger partial charge in [0.25, 0.3) is 0 Å². The van der Waals surface area contributed by atoms with Gasteiger partial charge in [-0.15, -0.1) is 24.0 Å². The summed E-state index contributed by atoms with van der Waals surface area (Å²) in [4.78, 5) is 7.13. The molecule has 0 amide bonds. The molecular weight excluding hydrogens is 461 g/mol. The van der Waals surface area contributed by atoms with E-state index in [1.807, 2.05) is 0 Å². The number of nitrogens with one attached hydrogen (secondary N) is 1. The summed E-state index contributed by atoms with van der Waals surface area (Å²) < 4.78 is 23.3. The Morgan fingerprint density at radius 3 is 2.73 bits per heavy atom. The lowest BCUT2D eigenvalue weighted by Crippen LogP contribution is -2.47. The van der Waals surface area contributed by atoms with Gasteiger partial charge in [0.2, 0.25) is 0 Å². The van der Waals surface area contributed by atoms with Crippen LogP contribution in [0.1, 0.15) is 37.8 Å². The molecule has 0 aromatic heterocycles. The number of nitrogens with zero attached hydrogens (tertiary/aromatic N) is 2. The number of hydrogen-bond donors (Lipinski definition) is 1. The highest BCUT2D eigenvalue weighted by molar-refractivity contribution is 14.0. The van der Waals surface area contributed by atoms with E-state index in [1.165, 1.54) is 11.1 Å². The quantitative estimate of drug-likeness (QED) is 0.400. The lowest BCUT2D eigenvalue weighted by atomic mass is 10.0. The van der Waals surface area contributed by atoms with Gasteiger partial charge in [-0.05, 0) is 43.2 Å². The third-order valence-corrected chi connectivity index (χ3v) is 7.08. The van der Waals surface area contributed by atoms with Crippen LogP contribution in [0.2, 0.25) is 0 Å². The molecule has 0 spiro atoms. The van der Waals surface area contributed by atoms with Crippen molar-refractivity contribution < 1.29 is 8.42 Å². The largest absolute Gasteiger partial charge is 0.354 e. The molecular formula is C19H30IN3O2S. The molecule has 2 unspecified atom stereocenters. The smallest absolute Gasteiger partial charge is 0.194 e. The molecule has 2 aliphatic rings. The van der Waals surface area contributed by atoms with Gasteiger partial charge < -0.3 is 10.2 Å². The van der Waals surface area contributed by atoms with Crippen molar-refractivity contribution in [3.05, 3.63) is 35.4 Å². The second kappa shape index (κ2) is 9.39. The first-order valence-electron chi connectivity index (χ1n) is 9.30. The normalized spacial score (nSPS) is 23.1. The van der Waals surface area contributed by atoms with E-state index in [1.54, 1.807) is 0 Å². The molecule has 1 fully saturated rings. The Morgan fingerprint density at radius 1 is 1.35 bits per heavy atom. The minimum Gasteiger partial charge on any atom is -0.354 e. The molecule has 2 atom stereocenters. The van der Waals surface area contributed by atoms with Crippen molar-refractivity contribution in [1.29, 1.82) is 0 Å². The topological polar surface area (TPSA) is 61.8 Å². The van der Waals surface area contributed by atoms with Crippen molar-refractivity contribution in [3.8, 4) is 0 Å². The monoisotopic (exact) mass is 491 g/mol. The number of hydrogen-bond acceptors (Lipinski definition) is 3. The van der Waals surface area contributed by atoms with E-state index in [9.17, 15) is 8.42 Å². The molecule has 5 nitrogen and oxygen atoms in total. The van der Waals surface area contributed by atoms with E-state index in [2.05, 4.69) is 48.3 Å². The Balaban J connectivity index is 0.00000243. The fourth-order valence-electron chi connectivity index (χ4n) is 3.47. The predicted molar refractivity (Wildman–Crippen MR) is 118 cm³/mol. The van der Waals surface area contributed by atoms with Crippen LogP contribution in [0.5, 0.6) is 0 Å². The molecule has 1 saturated heterocycles. The number of benzene rings is 1. The van der Waals surface area contributed by atoms with Gasteiger partial charge in [-0.1, -0.05) is 31.2 Å². The molecule has 2 heterocycles. The lowest BCUT2D eigenvalue weighted by molar-refractivity contribution is 0.369. The molecule has 0 bridgehead atoms. The van der Waals surface area contributed by atoms with E-state index >= 15 is 0 Å². The second-order valence-electron chi connectivity index (χ2n) is 7.33. The molecule has 0 saturated carbocycles. The Bertz CT molecular complexity index is 736. The summed E-state index contributed by atoms with van der Waals surface area (Å²) in [6.07, 6.45) is 2.79. The van der Waals surface area contributed by atoms with E-state index in [0.29, 0.717) is 18.3 Å². The van der Waals surface area contributed by atoms with Gasteiger partial charge in [-0.2, -0.15) is 0 Å². The zero-order valence-corrected chi connectivity index (χ0v) is 18.8. The summed E-state index contributed by atoms with van der Waals surface area (Å²) in [7, 11) is -2.84. The molecule has 7 heteroatoms. The Labute approximate surface area is 174 Å². The molecule has 3 rings (SSSR count). The maximum absolute atomic E-state index is 11.7. The van der Waals surface area contributed by atoms with Crippen LogP contribution in [-0.4, -0.2) is 49.9 Å². The van der Waals surface area contributed by atoms with Crippen LogP contribution < -0.4 is 5.32 Å². The highest BCUT2D eigenvalue weighted by atomic mass is 127. The van der Waals surface area contributed by atoms with E-state index in [0.717, 1.165) is 38.3 Å². The standard InChI is InChI=1S/C19H29N3O2S.HI/c1-3-15(2)21-19(20-12-16-9-11-25(23,24)14-16)22-10-8-17-6-4-5-7-18(17)13-22;/h4-7,15-16H,3,8-14H2,1-2H3,(H,20,21);1H. The minimum absolute atomic E-state index is 0. The van der Waals surface area contributed by atoms with E-state index < -0.39 is 9.84 Å². The summed E-state index contributed by atoms with van der Waals surface area (Å²) in [6.45, 7) is 6.72. The third-order valence-electron chi connectivity index (χ3n) is 5.24. The SMILES string of the molecule is CCC(C)NC(=NCC1CCS(=O)(=O)C1)N1CCc2ccccc2C1.I. The van der Waals surface area contributed by atoms with Gasteiger partial charge in [-0.3, -0.25) is 4.99 Å². The van der Waals surface area contributed by atoms with Gasteiger partial charge >= 0.3 is 0 Å². The Hall–Kier alpha value is -0.830. The molecule has 1 N–H and O–H groups in total. The molecule has 0 radical (unpaired) electrons. The maximum atomic E-state index is 11.7. The number of rotatable bonds is 4. The van der Waals surface area contributed by atoms with Crippen molar-refractivity contribution in [2.45, 2.75) is 45.7 Å². The predicted octanol–water partition coefficient (Wildman–Crippen LogP) is 2.84. The van der Waals surface area contributed by atoms with Gasteiger partial charge in [0.1, 0.15) is 0 Å². The van der Waals surface area contributed by atoms with E-state index in [4.69, 9.17) is 4.99 Å². The number of aliphatic imine (C=N–C) groups is 1. The van der Waals surface area contributed by atoms with Gasteiger partial charge in [0.15, 0.2) is 15.8 Å². The zero-order valence-electron chi connectivity index (χ0n) is 15.6. The van der Waals surface area contributed by atoms with Crippen LogP contribution in [0.4, 0.5) is 0 Å². The summed E-state index contributed by atoms with van der Waals surface area (Å²) >= 11 is 0. The summed E-state index contributed by atoms with van der Waals surface area (Å²) in [5.74, 6) is 1.69. The van der Waals surface area contributed by atoms with Crippen LogP contribution in [0.15, 0.2) is 29.3 Å². The maximum Gasteiger partial charge on any atom is 0.194 e. The summed E-state index contributed by atoms with van der Waals surface area (Å²) in [5.41, 5.74) is 2.78. The number of fused-ring (bicyclic) bond motifs is 1. The first-order valence-corrected chi connectivity index (χ1v) is 11.1. The van der Waals surface area contributed by atoms with Gasteiger partial charge in [-0.25, -0.2) is 8.42 Å². The number of sulfone groups is 1. The average molecular weight is 491 g/mol. The van der Waals surface area contributed by atoms with Crippen LogP contribution in [0, 0.1) is 5.92 Å². The first-order chi connectivity index (χ1) is 12.0. The van der Waals surface area contributed by atoms with Crippen LogP contribution >= 0.6 is 24.0 Å². The van der Waals surface area contributed by atoms with Crippen LogP contribution in [-0.2, 0) is 22.8 Å². The third kappa shape index (κ3) is 5.58. The molecule has 146 valence electrons. The van der Waals surface area contributed by atoms with Crippen LogP contribution in [0.25, 0.3) is 0 Å². The second-order valence-corrected chi connectivity index (χ2v) is 9.56. The van der Waals surface area contributed by atoms with Gasteiger partial charge in [0, 0.05) is 25.7 Å². The summed E-state index contributed by atoms with van der Waals surface area (Å²) in [5, 5.41) is 3.54. The highest BCUT2D eigenvalue weighted by Gasteiger charge is 2.28. The molecule has 1 aromatic carbocycles. The van der Waals surface area contributed by atoms with Crippen LogP contribution in [0.3, 0.4) is 0 Å². The van der Waals surface area contributed by atoms with Crippen molar-refractivity contribution in [2.24, 2.45) is 10.9 Å². The molecule has 0 aliphatic carbocycles. The minimum atomic E-state index is -2.84. The van der Waals surface area contributed by atoms with Crippen molar-refractivity contribution in [3.63, 3.8) is 0 Å². The fraction of sp³-hybridized carbons (Fsp3) is 0.632. The van der Waals surface area contributed by atoms with Gasteiger partial charge in [0.05, 0.1) is 11.5 Å². The first kappa shape index (κ1) is 21.5. The van der Waals surface area contributed by atoms with Crippen molar-refractivity contribution >= 4 is 39.8 Å². The Morgan fingerprint density at radius 2 is 2.08 bits per heavy atom. The summed E-state index contributed by atoms with van der Waals surface area (Å²) in [6, 6.07) is 8.93. The molecule has 1 aromatic rings. The fourth-order valence-corrected chi connectivity index (χ4v) is 5.32. The van der Waals surface area contributed by atoms with Crippen molar-refractivity contribution in [2.75, 3.05) is 24.6 Å². The zero-order chi connectivity index (χ0) is 17.9. The molecule has 2 aliphatic heterocycles. The lowest BCUT2D eigenvalue weighted by Gasteiger charge is -2.33. The average Bonchev–Trinajstić information content (AvgIpc) is 2.96.